The third-order valence-corrected chi connectivity index (χ3v) is 3.23. The van der Waals surface area contributed by atoms with E-state index >= 15 is 0 Å². The number of aromatic nitrogens is 2. The van der Waals surface area contributed by atoms with Crippen LogP contribution in [0.25, 0.3) is 10.9 Å². The van der Waals surface area contributed by atoms with E-state index in [0.29, 0.717) is 23.4 Å². The summed E-state index contributed by atoms with van der Waals surface area (Å²) in [5, 5.41) is 3.65. The molecule has 0 aliphatic heterocycles. The van der Waals surface area contributed by atoms with Crippen LogP contribution in [0.3, 0.4) is 0 Å². The van der Waals surface area contributed by atoms with Gasteiger partial charge in [-0.15, -0.1) is 0 Å². The molecule has 0 spiro atoms. The average molecular weight is 283 g/mol. The second-order valence-corrected chi connectivity index (χ2v) is 4.73. The van der Waals surface area contributed by atoms with Gasteiger partial charge in [-0.3, -0.25) is 9.78 Å². The topological polar surface area (TPSA) is 57.8 Å². The van der Waals surface area contributed by atoms with E-state index in [1.807, 2.05) is 6.07 Å². The van der Waals surface area contributed by atoms with Gasteiger partial charge in [0.2, 0.25) is 5.95 Å². The van der Waals surface area contributed by atoms with Gasteiger partial charge in [-0.05, 0) is 36.2 Å². The molecule has 0 saturated heterocycles. The number of rotatable bonds is 4. The molecule has 0 amide bonds. The molecule has 0 aliphatic carbocycles. The highest BCUT2D eigenvalue weighted by molar-refractivity contribution is 5.78. The van der Waals surface area contributed by atoms with Gasteiger partial charge in [0.05, 0.1) is 10.9 Å². The molecule has 106 valence electrons. The summed E-state index contributed by atoms with van der Waals surface area (Å²) in [5.74, 6) is 0.202. The number of aromatic amines is 1. The van der Waals surface area contributed by atoms with Gasteiger partial charge in [0.1, 0.15) is 5.82 Å². The van der Waals surface area contributed by atoms with Crippen LogP contribution in [0.1, 0.15) is 5.56 Å². The monoisotopic (exact) mass is 283 g/mol. The van der Waals surface area contributed by atoms with Gasteiger partial charge in [-0.2, -0.15) is 0 Å². The van der Waals surface area contributed by atoms with Gasteiger partial charge in [0, 0.05) is 6.54 Å². The van der Waals surface area contributed by atoms with Crippen molar-refractivity contribution in [2.75, 3.05) is 11.9 Å². The van der Waals surface area contributed by atoms with E-state index in [9.17, 15) is 9.18 Å². The number of hydrogen-bond acceptors (Lipinski definition) is 3. The summed E-state index contributed by atoms with van der Waals surface area (Å²) in [5.41, 5.74) is 1.52. The Balaban J connectivity index is 1.70. The molecule has 1 aromatic heterocycles. The first-order valence-electron chi connectivity index (χ1n) is 6.70. The van der Waals surface area contributed by atoms with E-state index in [-0.39, 0.29) is 11.4 Å². The summed E-state index contributed by atoms with van der Waals surface area (Å²) in [4.78, 5) is 19.0. The molecule has 3 aromatic rings. The second kappa shape index (κ2) is 5.75. The third kappa shape index (κ3) is 3.08. The van der Waals surface area contributed by atoms with Crippen molar-refractivity contribution in [2.45, 2.75) is 6.42 Å². The lowest BCUT2D eigenvalue weighted by Gasteiger charge is -2.06. The molecule has 2 N–H and O–H groups in total. The minimum absolute atomic E-state index is 0.162. The van der Waals surface area contributed by atoms with E-state index in [1.54, 1.807) is 30.3 Å². The molecule has 0 saturated carbocycles. The highest BCUT2D eigenvalue weighted by Gasteiger charge is 2.02. The fourth-order valence-corrected chi connectivity index (χ4v) is 2.15. The lowest BCUT2D eigenvalue weighted by molar-refractivity contribution is 0.627. The standard InChI is InChI=1S/C16H14FN3O/c17-12-7-5-11(6-8-12)9-10-18-16-19-14-4-2-1-3-13(14)15(21)20-16/h1-8H,9-10H2,(H2,18,19,20,21). The van der Waals surface area contributed by atoms with Gasteiger partial charge in [0.15, 0.2) is 0 Å². The Labute approximate surface area is 120 Å². The predicted octanol–water partition coefficient (Wildman–Crippen LogP) is 2.72. The van der Waals surface area contributed by atoms with Crippen molar-refractivity contribution in [3.63, 3.8) is 0 Å². The van der Waals surface area contributed by atoms with Gasteiger partial charge in [-0.25, -0.2) is 9.37 Å². The SMILES string of the molecule is O=c1[nH]c(NCCc2ccc(F)cc2)nc2ccccc12. The Morgan fingerprint density at radius 3 is 2.67 bits per heavy atom. The summed E-state index contributed by atoms with van der Waals surface area (Å²) >= 11 is 0. The predicted molar refractivity (Wildman–Crippen MR) is 81.0 cm³/mol. The minimum Gasteiger partial charge on any atom is -0.355 e. The molecule has 3 rings (SSSR count). The quantitative estimate of drug-likeness (QED) is 0.774. The van der Waals surface area contributed by atoms with E-state index < -0.39 is 0 Å². The lowest BCUT2D eigenvalue weighted by atomic mass is 10.1. The van der Waals surface area contributed by atoms with Crippen molar-refractivity contribution in [3.8, 4) is 0 Å². The van der Waals surface area contributed by atoms with Crippen LogP contribution in [-0.4, -0.2) is 16.5 Å². The van der Waals surface area contributed by atoms with Gasteiger partial charge in [-0.1, -0.05) is 24.3 Å². The average Bonchev–Trinajstić information content (AvgIpc) is 2.49. The largest absolute Gasteiger partial charge is 0.355 e. The summed E-state index contributed by atoms with van der Waals surface area (Å²) in [6, 6.07) is 13.6. The van der Waals surface area contributed by atoms with E-state index in [2.05, 4.69) is 15.3 Å². The Morgan fingerprint density at radius 2 is 1.86 bits per heavy atom. The smallest absolute Gasteiger partial charge is 0.260 e. The van der Waals surface area contributed by atoms with Crippen LogP contribution in [0, 0.1) is 5.82 Å². The van der Waals surface area contributed by atoms with Crippen LogP contribution in [-0.2, 0) is 6.42 Å². The summed E-state index contributed by atoms with van der Waals surface area (Å²) in [6.07, 6.45) is 0.719. The number of fused-ring (bicyclic) bond motifs is 1. The summed E-state index contributed by atoms with van der Waals surface area (Å²) in [6.45, 7) is 0.604. The molecule has 0 unspecified atom stereocenters. The third-order valence-electron chi connectivity index (χ3n) is 3.23. The first kappa shape index (κ1) is 13.3. The molecule has 0 fully saturated rings. The molecule has 0 atom stereocenters. The molecule has 1 heterocycles. The maximum absolute atomic E-state index is 12.8. The number of H-pyrrole nitrogens is 1. The number of nitrogens with zero attached hydrogens (tertiary/aromatic N) is 1. The first-order chi connectivity index (χ1) is 10.2. The Hall–Kier alpha value is -2.69. The van der Waals surface area contributed by atoms with Gasteiger partial charge in [0.25, 0.3) is 5.56 Å². The summed E-state index contributed by atoms with van der Waals surface area (Å²) in [7, 11) is 0. The number of nitrogens with one attached hydrogen (secondary N) is 2. The maximum atomic E-state index is 12.8. The molecule has 5 heteroatoms. The summed E-state index contributed by atoms with van der Waals surface area (Å²) < 4.78 is 12.8. The van der Waals surface area contributed by atoms with Crippen molar-refractivity contribution in [1.82, 2.24) is 9.97 Å². The zero-order valence-electron chi connectivity index (χ0n) is 11.3. The van der Waals surface area contributed by atoms with Crippen LogP contribution >= 0.6 is 0 Å². The zero-order valence-corrected chi connectivity index (χ0v) is 11.3. The molecule has 0 aliphatic rings. The Kier molecular flexibility index (Phi) is 3.64. The fourth-order valence-electron chi connectivity index (χ4n) is 2.15. The number of benzene rings is 2. The van der Waals surface area contributed by atoms with Crippen molar-refractivity contribution in [2.24, 2.45) is 0 Å². The van der Waals surface area contributed by atoms with Crippen LogP contribution in [0.15, 0.2) is 53.3 Å². The number of anilines is 1. The van der Waals surface area contributed by atoms with Gasteiger partial charge < -0.3 is 5.32 Å². The van der Waals surface area contributed by atoms with E-state index in [4.69, 9.17) is 0 Å². The Morgan fingerprint density at radius 1 is 1.10 bits per heavy atom. The van der Waals surface area contributed by atoms with Crippen LogP contribution in [0.2, 0.25) is 0 Å². The van der Waals surface area contributed by atoms with Crippen molar-refractivity contribution in [3.05, 3.63) is 70.3 Å². The fraction of sp³-hybridized carbons (Fsp3) is 0.125. The molecular formula is C16H14FN3O. The second-order valence-electron chi connectivity index (χ2n) is 4.73. The molecule has 0 radical (unpaired) electrons. The normalized spacial score (nSPS) is 10.7. The minimum atomic E-state index is -0.243. The lowest BCUT2D eigenvalue weighted by Crippen LogP contribution is -2.14. The molecule has 4 nitrogen and oxygen atoms in total. The van der Waals surface area contributed by atoms with Crippen molar-refractivity contribution in [1.29, 1.82) is 0 Å². The highest BCUT2D eigenvalue weighted by Crippen LogP contribution is 2.08. The van der Waals surface area contributed by atoms with Crippen LogP contribution < -0.4 is 10.9 Å². The van der Waals surface area contributed by atoms with Crippen molar-refractivity contribution < 1.29 is 4.39 Å². The molecule has 21 heavy (non-hydrogen) atoms. The Bertz CT molecular complexity index is 812. The van der Waals surface area contributed by atoms with Gasteiger partial charge >= 0.3 is 0 Å². The zero-order chi connectivity index (χ0) is 14.7. The molecular weight excluding hydrogens is 269 g/mol. The number of hydrogen-bond donors (Lipinski definition) is 2. The maximum Gasteiger partial charge on any atom is 0.260 e. The highest BCUT2D eigenvalue weighted by atomic mass is 19.1. The van der Waals surface area contributed by atoms with E-state index in [0.717, 1.165) is 12.0 Å². The molecule has 0 bridgehead atoms. The molecule has 2 aromatic carbocycles. The van der Waals surface area contributed by atoms with Crippen LogP contribution in [0.4, 0.5) is 10.3 Å². The number of para-hydroxylation sites is 1. The first-order valence-corrected chi connectivity index (χ1v) is 6.70. The number of halogens is 1. The van der Waals surface area contributed by atoms with Crippen LogP contribution in [0.5, 0.6) is 0 Å². The van der Waals surface area contributed by atoms with Crippen molar-refractivity contribution >= 4 is 16.9 Å². The van der Waals surface area contributed by atoms with E-state index in [1.165, 1.54) is 12.1 Å².